The molecule has 0 unspecified atom stereocenters. The average molecular weight is 441 g/mol. The Morgan fingerprint density at radius 2 is 1.75 bits per heavy atom. The third-order valence-electron chi connectivity index (χ3n) is 6.80. The van der Waals surface area contributed by atoms with Gasteiger partial charge >= 0.3 is 0 Å². The maximum atomic E-state index is 14.5. The second kappa shape index (κ2) is 8.62. The highest BCUT2D eigenvalue weighted by atomic mass is 19.1. The highest BCUT2D eigenvalue weighted by Crippen LogP contribution is 2.48. The number of amides is 1. The molecule has 168 valence electrons. The first-order chi connectivity index (χ1) is 15.5. The molecule has 2 aliphatic rings. The molecule has 2 aromatic carbocycles. The molecular formula is C25H26F3N3O. The number of hydrogen-bond acceptors (Lipinski definition) is 2. The predicted octanol–water partition coefficient (Wildman–Crippen LogP) is 4.96. The predicted molar refractivity (Wildman–Crippen MR) is 118 cm³/mol. The van der Waals surface area contributed by atoms with Crippen molar-refractivity contribution in [2.45, 2.75) is 31.6 Å². The Kier molecular flexibility index (Phi) is 5.67. The van der Waals surface area contributed by atoms with E-state index in [9.17, 15) is 18.0 Å². The minimum atomic E-state index is -0.639. The van der Waals surface area contributed by atoms with Crippen molar-refractivity contribution in [3.05, 3.63) is 59.4 Å². The molecule has 32 heavy (non-hydrogen) atoms. The van der Waals surface area contributed by atoms with Gasteiger partial charge in [0, 0.05) is 18.0 Å². The summed E-state index contributed by atoms with van der Waals surface area (Å²) < 4.78 is 41.9. The van der Waals surface area contributed by atoms with Gasteiger partial charge in [-0.1, -0.05) is 0 Å². The summed E-state index contributed by atoms with van der Waals surface area (Å²) >= 11 is 0. The van der Waals surface area contributed by atoms with Gasteiger partial charge in [-0.15, -0.1) is 0 Å². The molecule has 1 saturated heterocycles. The Labute approximate surface area is 184 Å². The van der Waals surface area contributed by atoms with Crippen LogP contribution < -0.4 is 5.32 Å². The molecule has 4 nitrogen and oxygen atoms in total. The van der Waals surface area contributed by atoms with E-state index in [-0.39, 0.29) is 23.2 Å². The summed E-state index contributed by atoms with van der Waals surface area (Å²) in [5, 5.41) is 3.57. The largest absolute Gasteiger partial charge is 0.355 e. The highest BCUT2D eigenvalue weighted by Gasteiger charge is 2.35. The number of H-pyrrole nitrogens is 1. The number of fused-ring (bicyclic) bond motifs is 1. The molecule has 7 heteroatoms. The zero-order chi connectivity index (χ0) is 22.2. The van der Waals surface area contributed by atoms with Crippen LogP contribution >= 0.6 is 0 Å². The lowest BCUT2D eigenvalue weighted by Gasteiger charge is -2.36. The van der Waals surface area contributed by atoms with Crippen molar-refractivity contribution in [1.82, 2.24) is 15.2 Å². The number of carbonyl (C=O) groups is 1. The van der Waals surface area contributed by atoms with Crippen LogP contribution in [0.2, 0.25) is 0 Å². The smallest absolute Gasteiger partial charge is 0.234 e. The lowest BCUT2D eigenvalue weighted by molar-refractivity contribution is -0.122. The van der Waals surface area contributed by atoms with E-state index in [4.69, 9.17) is 0 Å². The van der Waals surface area contributed by atoms with Crippen LogP contribution in [0.4, 0.5) is 13.2 Å². The van der Waals surface area contributed by atoms with E-state index < -0.39 is 11.6 Å². The van der Waals surface area contributed by atoms with E-state index >= 15 is 0 Å². The standard InChI is InChI=1S/C25H26F3N3O/c26-18-5-3-16(4-6-18)24-23(20-11-19(27)12-21(28)25(20)30-24)17-9-15(10-17)13-29-22(32)14-31-7-1-2-8-31/h3-6,11-12,15,17,30H,1-2,7-10,13-14H2,(H,29,32). The molecule has 5 rings (SSSR count). The van der Waals surface area contributed by atoms with Crippen molar-refractivity contribution in [2.24, 2.45) is 5.92 Å². The Morgan fingerprint density at radius 3 is 2.47 bits per heavy atom. The third-order valence-corrected chi connectivity index (χ3v) is 6.80. The van der Waals surface area contributed by atoms with Crippen LogP contribution in [-0.2, 0) is 4.79 Å². The number of benzene rings is 2. The van der Waals surface area contributed by atoms with Gasteiger partial charge in [-0.05, 0) is 92.1 Å². The van der Waals surface area contributed by atoms with E-state index in [2.05, 4.69) is 15.2 Å². The van der Waals surface area contributed by atoms with Gasteiger partial charge in [0.25, 0.3) is 0 Å². The average Bonchev–Trinajstić information content (AvgIpc) is 3.36. The molecule has 0 atom stereocenters. The monoisotopic (exact) mass is 441 g/mol. The first kappa shape index (κ1) is 21.1. The highest BCUT2D eigenvalue weighted by molar-refractivity contribution is 5.92. The third kappa shape index (κ3) is 4.13. The molecule has 1 aromatic heterocycles. The Morgan fingerprint density at radius 1 is 1.03 bits per heavy atom. The summed E-state index contributed by atoms with van der Waals surface area (Å²) in [7, 11) is 0. The van der Waals surface area contributed by atoms with E-state index in [0.717, 1.165) is 56.0 Å². The summed E-state index contributed by atoms with van der Waals surface area (Å²) in [6.07, 6.45) is 3.95. The number of halogens is 3. The molecule has 2 fully saturated rings. The number of carbonyl (C=O) groups excluding carboxylic acids is 1. The Bertz CT molecular complexity index is 1130. The van der Waals surface area contributed by atoms with Crippen LogP contribution in [0, 0.1) is 23.4 Å². The van der Waals surface area contributed by atoms with Gasteiger partial charge in [0.15, 0.2) is 0 Å². The van der Waals surface area contributed by atoms with Gasteiger partial charge in [0.05, 0.1) is 17.8 Å². The van der Waals surface area contributed by atoms with Crippen molar-refractivity contribution in [1.29, 1.82) is 0 Å². The molecule has 0 radical (unpaired) electrons. The number of likely N-dealkylation sites (tertiary alicyclic amines) is 1. The van der Waals surface area contributed by atoms with Crippen molar-refractivity contribution in [3.8, 4) is 11.3 Å². The second-order valence-electron chi connectivity index (χ2n) is 9.05. The number of aromatic nitrogens is 1. The minimum absolute atomic E-state index is 0.0542. The number of hydrogen-bond donors (Lipinski definition) is 2. The van der Waals surface area contributed by atoms with Gasteiger partial charge in [-0.3, -0.25) is 9.69 Å². The second-order valence-corrected chi connectivity index (χ2v) is 9.05. The van der Waals surface area contributed by atoms with E-state index in [1.165, 1.54) is 18.2 Å². The van der Waals surface area contributed by atoms with Gasteiger partial charge in [0.1, 0.15) is 17.5 Å². The van der Waals surface area contributed by atoms with Gasteiger partial charge in [-0.25, -0.2) is 13.2 Å². The van der Waals surface area contributed by atoms with Gasteiger partial charge in [-0.2, -0.15) is 0 Å². The molecule has 0 bridgehead atoms. The lowest BCUT2D eigenvalue weighted by Crippen LogP contribution is -2.40. The topological polar surface area (TPSA) is 48.1 Å². The Hall–Kier alpha value is -2.80. The van der Waals surface area contributed by atoms with E-state index in [1.54, 1.807) is 12.1 Å². The summed E-state index contributed by atoms with van der Waals surface area (Å²) in [6.45, 7) is 3.03. The SMILES string of the molecule is O=C(CN1CCCC1)NCC1CC(c2c(-c3ccc(F)cc3)[nH]c3c(F)cc(F)cc23)C1. The fraction of sp³-hybridized carbons (Fsp3) is 0.400. The maximum Gasteiger partial charge on any atom is 0.234 e. The van der Waals surface area contributed by atoms with E-state index in [0.29, 0.717) is 30.1 Å². The van der Waals surface area contributed by atoms with Crippen molar-refractivity contribution >= 4 is 16.8 Å². The number of aromatic amines is 1. The number of nitrogens with one attached hydrogen (secondary N) is 2. The molecule has 2 N–H and O–H groups in total. The van der Waals surface area contributed by atoms with Crippen LogP contribution in [0.25, 0.3) is 22.2 Å². The van der Waals surface area contributed by atoms with E-state index in [1.807, 2.05) is 0 Å². The van der Waals surface area contributed by atoms with Crippen LogP contribution in [0.15, 0.2) is 36.4 Å². The van der Waals surface area contributed by atoms with Crippen molar-refractivity contribution in [2.75, 3.05) is 26.2 Å². The molecule has 3 aromatic rings. The molecular weight excluding hydrogens is 415 g/mol. The number of rotatable bonds is 6. The maximum absolute atomic E-state index is 14.5. The van der Waals surface area contributed by atoms with Gasteiger partial charge < -0.3 is 10.3 Å². The van der Waals surface area contributed by atoms with Crippen LogP contribution in [0.1, 0.15) is 37.2 Å². The zero-order valence-corrected chi connectivity index (χ0v) is 17.8. The Balaban J connectivity index is 1.33. The van der Waals surface area contributed by atoms with Crippen molar-refractivity contribution < 1.29 is 18.0 Å². The summed E-state index contributed by atoms with van der Waals surface area (Å²) in [6, 6.07) is 8.25. The zero-order valence-electron chi connectivity index (χ0n) is 17.8. The molecule has 1 saturated carbocycles. The quantitative estimate of drug-likeness (QED) is 0.568. The molecule has 0 spiro atoms. The minimum Gasteiger partial charge on any atom is -0.355 e. The van der Waals surface area contributed by atoms with Crippen molar-refractivity contribution in [3.63, 3.8) is 0 Å². The van der Waals surface area contributed by atoms with Crippen LogP contribution in [-0.4, -0.2) is 42.0 Å². The molecule has 2 heterocycles. The van der Waals surface area contributed by atoms with Crippen LogP contribution in [0.5, 0.6) is 0 Å². The molecule has 1 aliphatic heterocycles. The fourth-order valence-corrected chi connectivity index (χ4v) is 5.10. The summed E-state index contributed by atoms with van der Waals surface area (Å²) in [5.74, 6) is -1.11. The summed E-state index contributed by atoms with van der Waals surface area (Å²) in [4.78, 5) is 17.5. The first-order valence-corrected chi connectivity index (χ1v) is 11.2. The fourth-order valence-electron chi connectivity index (χ4n) is 5.10. The lowest BCUT2D eigenvalue weighted by atomic mass is 9.70. The first-order valence-electron chi connectivity index (χ1n) is 11.2. The summed E-state index contributed by atoms with van der Waals surface area (Å²) in [5.41, 5.74) is 2.57. The number of nitrogens with zero attached hydrogens (tertiary/aromatic N) is 1. The van der Waals surface area contributed by atoms with Gasteiger partial charge in [0.2, 0.25) is 5.91 Å². The molecule has 1 amide bonds. The molecule has 1 aliphatic carbocycles. The normalized spacial score (nSPS) is 21.1. The van der Waals surface area contributed by atoms with Crippen LogP contribution in [0.3, 0.4) is 0 Å².